The Bertz CT molecular complexity index is 438. The number of benzene rings is 1. The molecule has 5 N–H and O–H groups in total. The average Bonchev–Trinajstić information content (AvgIpc) is 2.45. The van der Waals surface area contributed by atoms with E-state index in [-0.39, 0.29) is 19.6 Å². The lowest BCUT2D eigenvalue weighted by molar-refractivity contribution is -0.140. The standard InChI is InChI=1S/C13H18N2O5/c14-7-10(16)6-11(12(17)18)15-13(19)20-8-9-4-2-1-3-5-9/h1-5,10-11,16H,6-8,14H2,(H,15,19)(H,17,18). The monoisotopic (exact) mass is 282 g/mol. The first-order valence-corrected chi connectivity index (χ1v) is 6.11. The Morgan fingerprint density at radius 2 is 1.95 bits per heavy atom. The lowest BCUT2D eigenvalue weighted by Gasteiger charge is -2.17. The number of aliphatic hydroxyl groups is 1. The number of nitrogens with one attached hydrogen (secondary N) is 1. The van der Waals surface area contributed by atoms with E-state index in [1.807, 2.05) is 6.07 Å². The fourth-order valence-electron chi connectivity index (χ4n) is 1.50. The second-order valence-corrected chi connectivity index (χ2v) is 4.22. The van der Waals surface area contributed by atoms with Crippen molar-refractivity contribution in [2.24, 2.45) is 5.73 Å². The van der Waals surface area contributed by atoms with Gasteiger partial charge < -0.3 is 26.0 Å². The number of hydrogen-bond acceptors (Lipinski definition) is 5. The summed E-state index contributed by atoms with van der Waals surface area (Å²) in [7, 11) is 0. The van der Waals surface area contributed by atoms with Gasteiger partial charge in [-0.25, -0.2) is 9.59 Å². The Kier molecular flexibility index (Phi) is 6.48. The number of ether oxygens (including phenoxy) is 1. The number of nitrogens with two attached hydrogens (primary N) is 1. The van der Waals surface area contributed by atoms with E-state index in [1.54, 1.807) is 24.3 Å². The maximum Gasteiger partial charge on any atom is 0.408 e. The van der Waals surface area contributed by atoms with Crippen LogP contribution in [0.2, 0.25) is 0 Å². The second-order valence-electron chi connectivity index (χ2n) is 4.22. The molecule has 1 rings (SSSR count). The van der Waals surface area contributed by atoms with Gasteiger partial charge >= 0.3 is 12.1 Å². The summed E-state index contributed by atoms with van der Waals surface area (Å²) in [5, 5.41) is 20.4. The summed E-state index contributed by atoms with van der Waals surface area (Å²) in [5.74, 6) is -1.26. The van der Waals surface area contributed by atoms with Crippen LogP contribution in [-0.2, 0) is 16.1 Å². The first-order chi connectivity index (χ1) is 9.52. The molecule has 0 heterocycles. The third kappa shape index (κ3) is 5.68. The van der Waals surface area contributed by atoms with E-state index in [0.29, 0.717) is 0 Å². The highest BCUT2D eigenvalue weighted by atomic mass is 16.5. The van der Waals surface area contributed by atoms with Crippen LogP contribution >= 0.6 is 0 Å². The van der Waals surface area contributed by atoms with Gasteiger partial charge in [0.15, 0.2) is 0 Å². The fourth-order valence-corrected chi connectivity index (χ4v) is 1.50. The number of amides is 1. The van der Waals surface area contributed by atoms with Gasteiger partial charge in [0, 0.05) is 13.0 Å². The first kappa shape index (κ1) is 15.9. The summed E-state index contributed by atoms with van der Waals surface area (Å²) in [6.07, 6.45) is -2.03. The number of hydrogen-bond donors (Lipinski definition) is 4. The average molecular weight is 282 g/mol. The molecule has 0 bridgehead atoms. The van der Waals surface area contributed by atoms with E-state index in [0.717, 1.165) is 5.56 Å². The van der Waals surface area contributed by atoms with Gasteiger partial charge in [-0.15, -0.1) is 0 Å². The predicted molar refractivity (Wildman–Crippen MR) is 70.9 cm³/mol. The van der Waals surface area contributed by atoms with Crippen LogP contribution in [-0.4, -0.2) is 41.0 Å². The molecule has 110 valence electrons. The van der Waals surface area contributed by atoms with Crippen molar-refractivity contribution in [1.29, 1.82) is 0 Å². The van der Waals surface area contributed by atoms with Gasteiger partial charge in [0.1, 0.15) is 12.6 Å². The fraction of sp³-hybridized carbons (Fsp3) is 0.385. The maximum absolute atomic E-state index is 11.5. The summed E-state index contributed by atoms with van der Waals surface area (Å²) < 4.78 is 4.90. The Balaban J connectivity index is 2.44. The van der Waals surface area contributed by atoms with Gasteiger partial charge in [0.05, 0.1) is 6.10 Å². The van der Waals surface area contributed by atoms with E-state index >= 15 is 0 Å². The molecule has 0 radical (unpaired) electrons. The third-order valence-electron chi connectivity index (χ3n) is 2.58. The lowest BCUT2D eigenvalue weighted by Crippen LogP contribution is -2.44. The van der Waals surface area contributed by atoms with Crippen molar-refractivity contribution in [3.63, 3.8) is 0 Å². The molecule has 2 atom stereocenters. The van der Waals surface area contributed by atoms with E-state index in [2.05, 4.69) is 5.32 Å². The van der Waals surface area contributed by atoms with Gasteiger partial charge in [0.2, 0.25) is 0 Å². The number of carboxylic acids is 1. The molecule has 2 unspecified atom stereocenters. The molecule has 0 saturated carbocycles. The van der Waals surface area contributed by atoms with Crippen LogP contribution in [0.5, 0.6) is 0 Å². The van der Waals surface area contributed by atoms with Crippen molar-refractivity contribution in [3.8, 4) is 0 Å². The minimum absolute atomic E-state index is 0.0401. The van der Waals surface area contributed by atoms with E-state index in [4.69, 9.17) is 15.6 Å². The molecule has 0 aliphatic rings. The van der Waals surface area contributed by atoms with Crippen molar-refractivity contribution < 1.29 is 24.5 Å². The van der Waals surface area contributed by atoms with Crippen molar-refractivity contribution in [3.05, 3.63) is 35.9 Å². The van der Waals surface area contributed by atoms with Crippen LogP contribution in [0, 0.1) is 0 Å². The molecule has 0 saturated heterocycles. The van der Waals surface area contributed by atoms with Gasteiger partial charge in [-0.1, -0.05) is 30.3 Å². The molecule has 1 aromatic rings. The summed E-state index contributed by atoms with van der Waals surface area (Å²) in [4.78, 5) is 22.4. The largest absolute Gasteiger partial charge is 0.480 e. The number of aliphatic carboxylic acids is 1. The van der Waals surface area contributed by atoms with Crippen molar-refractivity contribution >= 4 is 12.1 Å². The van der Waals surface area contributed by atoms with Crippen LogP contribution in [0.15, 0.2) is 30.3 Å². The highest BCUT2D eigenvalue weighted by Gasteiger charge is 2.23. The van der Waals surface area contributed by atoms with Crippen LogP contribution in [0.3, 0.4) is 0 Å². The van der Waals surface area contributed by atoms with E-state index in [1.165, 1.54) is 0 Å². The van der Waals surface area contributed by atoms with Crippen LogP contribution < -0.4 is 11.1 Å². The highest BCUT2D eigenvalue weighted by Crippen LogP contribution is 2.02. The zero-order valence-corrected chi connectivity index (χ0v) is 10.9. The molecule has 0 aliphatic carbocycles. The summed E-state index contributed by atoms with van der Waals surface area (Å²) in [5.41, 5.74) is 5.99. The van der Waals surface area contributed by atoms with E-state index < -0.39 is 24.2 Å². The molecule has 0 spiro atoms. The topological polar surface area (TPSA) is 122 Å². The highest BCUT2D eigenvalue weighted by molar-refractivity contribution is 5.79. The molecule has 0 aromatic heterocycles. The minimum atomic E-state index is -1.26. The number of carbonyl (C=O) groups excluding carboxylic acids is 1. The molecule has 0 fully saturated rings. The van der Waals surface area contributed by atoms with Crippen LogP contribution in [0.25, 0.3) is 0 Å². The zero-order valence-electron chi connectivity index (χ0n) is 10.9. The summed E-state index contributed by atoms with van der Waals surface area (Å²) >= 11 is 0. The molecule has 20 heavy (non-hydrogen) atoms. The summed E-state index contributed by atoms with van der Waals surface area (Å²) in [6.45, 7) is -0.0387. The molecule has 7 heteroatoms. The number of rotatable bonds is 7. The SMILES string of the molecule is NCC(O)CC(NC(=O)OCc1ccccc1)C(=O)O. The normalized spacial score (nSPS) is 13.3. The number of carbonyl (C=O) groups is 2. The molecule has 0 aliphatic heterocycles. The smallest absolute Gasteiger partial charge is 0.408 e. The predicted octanol–water partition coefficient (Wildman–Crippen LogP) is 0.0757. The van der Waals surface area contributed by atoms with Gasteiger partial charge in [-0.3, -0.25) is 0 Å². The molecular weight excluding hydrogens is 264 g/mol. The van der Waals surface area contributed by atoms with E-state index in [9.17, 15) is 14.7 Å². The van der Waals surface area contributed by atoms with Crippen LogP contribution in [0.4, 0.5) is 4.79 Å². The third-order valence-corrected chi connectivity index (χ3v) is 2.58. The quantitative estimate of drug-likeness (QED) is 0.561. The van der Waals surface area contributed by atoms with Gasteiger partial charge in [0.25, 0.3) is 0 Å². The number of aliphatic hydroxyl groups excluding tert-OH is 1. The molecule has 1 aromatic carbocycles. The Morgan fingerprint density at radius 3 is 2.50 bits per heavy atom. The summed E-state index contributed by atoms with van der Waals surface area (Å²) in [6, 6.07) is 7.75. The molecular formula is C13H18N2O5. The van der Waals surface area contributed by atoms with Gasteiger partial charge in [-0.05, 0) is 5.56 Å². The van der Waals surface area contributed by atoms with Crippen LogP contribution in [0.1, 0.15) is 12.0 Å². The zero-order chi connectivity index (χ0) is 15.0. The Labute approximate surface area is 116 Å². The molecule has 7 nitrogen and oxygen atoms in total. The second kappa shape index (κ2) is 8.13. The van der Waals surface area contributed by atoms with Crippen molar-refractivity contribution in [1.82, 2.24) is 5.32 Å². The Morgan fingerprint density at radius 1 is 1.30 bits per heavy atom. The van der Waals surface area contributed by atoms with Crippen molar-refractivity contribution in [2.75, 3.05) is 6.54 Å². The number of carboxylic acid groups (broad SMARTS) is 1. The Hall–Kier alpha value is -2.12. The molecule has 1 amide bonds. The van der Waals surface area contributed by atoms with Gasteiger partial charge in [-0.2, -0.15) is 0 Å². The minimum Gasteiger partial charge on any atom is -0.480 e. The maximum atomic E-state index is 11.5. The lowest BCUT2D eigenvalue weighted by atomic mass is 10.1. The first-order valence-electron chi connectivity index (χ1n) is 6.11. The van der Waals surface area contributed by atoms with Crippen molar-refractivity contribution in [2.45, 2.75) is 25.2 Å². The number of alkyl carbamates (subject to hydrolysis) is 1.